The summed E-state index contributed by atoms with van der Waals surface area (Å²) in [5.74, 6) is -2.73. The number of fused-ring (bicyclic) bond motifs is 1. The maximum Gasteiger partial charge on any atom is 0.408 e. The Hall–Kier alpha value is -7.95. The highest BCUT2D eigenvalue weighted by Gasteiger charge is 2.31. The number of methoxy groups -OCH3 is 1. The number of ether oxygens (including phenoxy) is 2. The summed E-state index contributed by atoms with van der Waals surface area (Å²) >= 11 is 0. The van der Waals surface area contributed by atoms with Crippen LogP contribution in [0.15, 0.2) is 132 Å². The normalized spacial score (nSPS) is 12.6. The van der Waals surface area contributed by atoms with Gasteiger partial charge >= 0.3 is 6.09 Å². The minimum atomic E-state index is -1.22. The molecular formula is C51H61N9O8. The molecule has 0 heterocycles. The van der Waals surface area contributed by atoms with Crippen molar-refractivity contribution in [3.8, 4) is 5.75 Å². The summed E-state index contributed by atoms with van der Waals surface area (Å²) in [6.07, 6.45) is -0.0664. The molecule has 0 saturated carbocycles. The first kappa shape index (κ1) is 51.0. The standard InChI is InChI=1S/C51H61N9O8/c1-33(2)26-41(47(63)56-38-29-37-22-13-14-23-39(37)44(30-38)67-3)58-49(65)43(28-35-18-9-5-10-19-35)59-48(64)42(27-34-16-7-4-8-17-34)57-45(61)31-55-46(62)40(24-15-25-54-50(52)53)60-51(66)68-32-36-20-11-6-12-21-36/h4-14,16-23,29-30,33,40-43H,15,24-28,31-32H2,1-3H3,(H,55,62)(H,56,63)(H,57,61)(H,58,65)(H,59,64)(H,60,66)(H4,52,53,54)/t40-,41-,42-,43-/m0/s1. The number of alkyl carbamates (subject to hydrolysis) is 1. The van der Waals surface area contributed by atoms with Crippen molar-refractivity contribution in [1.82, 2.24) is 26.6 Å². The molecule has 4 atom stereocenters. The number of amides is 6. The summed E-state index contributed by atoms with van der Waals surface area (Å²) in [6, 6.07) is 33.7. The molecule has 0 aromatic heterocycles. The van der Waals surface area contributed by atoms with Gasteiger partial charge in [-0.1, -0.05) is 129 Å². The van der Waals surface area contributed by atoms with Gasteiger partial charge in [-0.3, -0.25) is 29.0 Å². The third-order valence-electron chi connectivity index (χ3n) is 10.7. The fourth-order valence-electron chi connectivity index (χ4n) is 7.33. The third-order valence-corrected chi connectivity index (χ3v) is 10.7. The van der Waals surface area contributed by atoms with Crippen LogP contribution in [-0.2, 0) is 48.2 Å². The second-order valence-electron chi connectivity index (χ2n) is 16.6. The molecule has 0 aliphatic heterocycles. The van der Waals surface area contributed by atoms with Crippen molar-refractivity contribution in [2.75, 3.05) is 25.5 Å². The van der Waals surface area contributed by atoms with Gasteiger partial charge in [0.15, 0.2) is 5.96 Å². The van der Waals surface area contributed by atoms with Crippen LogP contribution in [0, 0.1) is 5.92 Å². The van der Waals surface area contributed by atoms with E-state index in [2.05, 4.69) is 36.9 Å². The number of benzene rings is 5. The molecule has 10 N–H and O–H groups in total. The fraction of sp³-hybridized carbons (Fsp3) is 0.314. The maximum absolute atomic E-state index is 14.3. The quantitative estimate of drug-likeness (QED) is 0.0248. The first-order chi connectivity index (χ1) is 32.8. The number of nitrogens with one attached hydrogen (secondary N) is 6. The molecule has 0 aliphatic carbocycles. The van der Waals surface area contributed by atoms with E-state index in [-0.39, 0.29) is 50.7 Å². The van der Waals surface area contributed by atoms with E-state index < -0.39 is 66.3 Å². The van der Waals surface area contributed by atoms with Crippen LogP contribution >= 0.6 is 0 Å². The van der Waals surface area contributed by atoms with Crippen molar-refractivity contribution in [3.63, 3.8) is 0 Å². The summed E-state index contributed by atoms with van der Waals surface area (Å²) in [6.45, 7) is 3.44. The van der Waals surface area contributed by atoms with Gasteiger partial charge in [0.25, 0.3) is 0 Å². The summed E-state index contributed by atoms with van der Waals surface area (Å²) in [5.41, 5.74) is 13.6. The van der Waals surface area contributed by atoms with Gasteiger partial charge in [0.05, 0.1) is 13.7 Å². The van der Waals surface area contributed by atoms with Crippen molar-refractivity contribution >= 4 is 58.0 Å². The van der Waals surface area contributed by atoms with Crippen LogP contribution in [0.4, 0.5) is 10.5 Å². The predicted octanol–water partition coefficient (Wildman–Crippen LogP) is 4.24. The smallest absolute Gasteiger partial charge is 0.408 e. The number of hydrogen-bond donors (Lipinski definition) is 8. The van der Waals surface area contributed by atoms with E-state index in [1.54, 1.807) is 61.7 Å². The number of guanidine groups is 1. The SMILES string of the molecule is COc1cc(NC(=O)[C@H](CC(C)C)NC(=O)[C@H](Cc2ccccc2)NC(=O)[C@H](Cc2ccccc2)NC(=O)CNC(=O)[C@H](CCCN=C(N)N)NC(=O)OCc2ccccc2)cc2ccccc12. The molecule has 0 saturated heterocycles. The molecular weight excluding hydrogens is 867 g/mol. The van der Waals surface area contributed by atoms with E-state index in [1.807, 2.05) is 86.6 Å². The first-order valence-electron chi connectivity index (χ1n) is 22.4. The number of aliphatic imine (C=N–C) groups is 1. The first-order valence-corrected chi connectivity index (χ1v) is 22.4. The van der Waals surface area contributed by atoms with E-state index in [0.717, 1.165) is 21.9 Å². The van der Waals surface area contributed by atoms with E-state index in [1.165, 1.54) is 0 Å². The van der Waals surface area contributed by atoms with Crippen molar-refractivity contribution in [2.45, 2.75) is 76.7 Å². The lowest BCUT2D eigenvalue weighted by Crippen LogP contribution is -2.58. The molecule has 17 heteroatoms. The Kier molecular flexibility index (Phi) is 19.7. The number of carbonyl (C=O) groups is 6. The van der Waals surface area contributed by atoms with E-state index in [4.69, 9.17) is 20.9 Å². The summed E-state index contributed by atoms with van der Waals surface area (Å²) in [5, 5.41) is 18.2. The number of hydrogen-bond acceptors (Lipinski definition) is 9. The highest BCUT2D eigenvalue weighted by molar-refractivity contribution is 6.01. The molecule has 0 fully saturated rings. The van der Waals surface area contributed by atoms with Gasteiger partial charge in [0.1, 0.15) is 36.5 Å². The van der Waals surface area contributed by atoms with Gasteiger partial charge in [-0.2, -0.15) is 0 Å². The molecule has 17 nitrogen and oxygen atoms in total. The number of nitrogens with zero attached hydrogens (tertiary/aromatic N) is 1. The highest BCUT2D eigenvalue weighted by Crippen LogP contribution is 2.30. The number of nitrogens with two attached hydrogens (primary N) is 2. The van der Waals surface area contributed by atoms with E-state index in [9.17, 15) is 28.8 Å². The van der Waals surface area contributed by atoms with Gasteiger partial charge in [-0.15, -0.1) is 0 Å². The fourth-order valence-corrected chi connectivity index (χ4v) is 7.33. The lowest BCUT2D eigenvalue weighted by Gasteiger charge is -2.26. The van der Waals surface area contributed by atoms with Crippen molar-refractivity contribution in [1.29, 1.82) is 0 Å². The Morgan fingerprint density at radius 1 is 0.618 bits per heavy atom. The summed E-state index contributed by atoms with van der Waals surface area (Å²) < 4.78 is 10.9. The maximum atomic E-state index is 14.3. The van der Waals surface area contributed by atoms with Crippen molar-refractivity contribution < 1.29 is 38.2 Å². The van der Waals surface area contributed by atoms with Crippen LogP contribution in [0.25, 0.3) is 10.8 Å². The molecule has 5 rings (SSSR count). The summed E-state index contributed by atoms with van der Waals surface area (Å²) in [4.78, 5) is 86.4. The molecule has 68 heavy (non-hydrogen) atoms. The minimum absolute atomic E-state index is 0.00507. The highest BCUT2D eigenvalue weighted by atomic mass is 16.5. The zero-order valence-corrected chi connectivity index (χ0v) is 38.5. The molecule has 0 aliphatic rings. The third kappa shape index (κ3) is 16.8. The monoisotopic (exact) mass is 927 g/mol. The van der Waals surface area contributed by atoms with Gasteiger partial charge < -0.3 is 52.8 Å². The Bertz CT molecular complexity index is 2490. The Balaban J connectivity index is 1.30. The molecule has 0 spiro atoms. The Morgan fingerprint density at radius 3 is 1.76 bits per heavy atom. The largest absolute Gasteiger partial charge is 0.496 e. The van der Waals surface area contributed by atoms with Gasteiger partial charge in [0.2, 0.25) is 29.5 Å². The topological polar surface area (TPSA) is 257 Å². The van der Waals surface area contributed by atoms with Crippen LogP contribution in [0.5, 0.6) is 5.75 Å². The van der Waals surface area contributed by atoms with Crippen LogP contribution in [0.2, 0.25) is 0 Å². The average molecular weight is 928 g/mol. The molecule has 5 aromatic carbocycles. The molecule has 0 bridgehead atoms. The number of anilines is 1. The van der Waals surface area contributed by atoms with Crippen LogP contribution in [-0.4, -0.2) is 86.0 Å². The molecule has 0 unspecified atom stereocenters. The molecule has 5 aromatic rings. The van der Waals surface area contributed by atoms with Crippen LogP contribution < -0.4 is 48.1 Å². The zero-order chi connectivity index (χ0) is 48.8. The Morgan fingerprint density at radius 2 is 1.18 bits per heavy atom. The lowest BCUT2D eigenvalue weighted by atomic mass is 10.00. The second kappa shape index (κ2) is 26.3. The van der Waals surface area contributed by atoms with Crippen LogP contribution in [0.3, 0.4) is 0 Å². The van der Waals surface area contributed by atoms with E-state index in [0.29, 0.717) is 23.4 Å². The predicted molar refractivity (Wildman–Crippen MR) is 261 cm³/mol. The van der Waals surface area contributed by atoms with Gasteiger partial charge in [-0.25, -0.2) is 4.79 Å². The molecule has 6 amide bonds. The van der Waals surface area contributed by atoms with Crippen molar-refractivity contribution in [3.05, 3.63) is 144 Å². The van der Waals surface area contributed by atoms with Gasteiger partial charge in [-0.05, 0) is 53.3 Å². The lowest BCUT2D eigenvalue weighted by molar-refractivity contribution is -0.133. The second-order valence-corrected chi connectivity index (χ2v) is 16.6. The number of carbonyl (C=O) groups excluding carboxylic acids is 6. The van der Waals surface area contributed by atoms with E-state index >= 15 is 0 Å². The number of rotatable bonds is 24. The molecule has 358 valence electrons. The average Bonchev–Trinajstić information content (AvgIpc) is 3.33. The molecule has 0 radical (unpaired) electrons. The minimum Gasteiger partial charge on any atom is -0.496 e. The Labute approximate surface area is 396 Å². The van der Waals surface area contributed by atoms with Crippen molar-refractivity contribution in [2.24, 2.45) is 22.4 Å². The van der Waals surface area contributed by atoms with Crippen LogP contribution in [0.1, 0.15) is 49.8 Å². The van der Waals surface area contributed by atoms with Gasteiger partial charge in [0, 0.05) is 36.5 Å². The zero-order valence-electron chi connectivity index (χ0n) is 38.5. The summed E-state index contributed by atoms with van der Waals surface area (Å²) in [7, 11) is 1.55.